The lowest BCUT2D eigenvalue weighted by molar-refractivity contribution is 0.0695. The molecular formula is C19H22N2O4. The van der Waals surface area contributed by atoms with E-state index in [9.17, 15) is 19.8 Å². The first kappa shape index (κ1) is 17.2. The molecule has 1 heterocycles. The van der Waals surface area contributed by atoms with E-state index in [4.69, 9.17) is 0 Å². The molecule has 0 bridgehead atoms. The van der Waals surface area contributed by atoms with Crippen molar-refractivity contribution in [2.45, 2.75) is 45.6 Å². The molecule has 0 atom stereocenters. The standard InChI is InChI=1S/C19H22N2O4/c1-12-16(18(23)24)17(14-8-5-9-15(22)10-14)20-19(25)21(12)11-13-6-3-2-4-7-13/h5,8-10,13,22H,2-4,6-7,11H2,1H3,(H,23,24). The summed E-state index contributed by atoms with van der Waals surface area (Å²) in [4.78, 5) is 28.5. The number of carboxylic acid groups (broad SMARTS) is 1. The fraction of sp³-hybridized carbons (Fsp3) is 0.421. The van der Waals surface area contributed by atoms with Crippen molar-refractivity contribution in [1.82, 2.24) is 9.55 Å². The van der Waals surface area contributed by atoms with E-state index in [0.29, 0.717) is 23.7 Å². The van der Waals surface area contributed by atoms with Crippen LogP contribution in [0.3, 0.4) is 0 Å². The number of rotatable bonds is 4. The number of aromatic hydroxyl groups is 1. The van der Waals surface area contributed by atoms with E-state index in [0.717, 1.165) is 25.7 Å². The normalized spacial score (nSPS) is 15.2. The molecule has 2 aromatic rings. The van der Waals surface area contributed by atoms with Crippen LogP contribution in [0.15, 0.2) is 29.1 Å². The van der Waals surface area contributed by atoms with E-state index in [1.54, 1.807) is 19.1 Å². The highest BCUT2D eigenvalue weighted by atomic mass is 16.4. The molecule has 0 aliphatic heterocycles. The van der Waals surface area contributed by atoms with Gasteiger partial charge in [0, 0.05) is 17.8 Å². The van der Waals surface area contributed by atoms with E-state index in [2.05, 4.69) is 4.98 Å². The number of hydrogen-bond donors (Lipinski definition) is 2. The molecule has 132 valence electrons. The molecule has 0 radical (unpaired) electrons. The van der Waals surface area contributed by atoms with Gasteiger partial charge in [0.2, 0.25) is 0 Å². The summed E-state index contributed by atoms with van der Waals surface area (Å²) in [6.07, 6.45) is 5.64. The fourth-order valence-electron chi connectivity index (χ4n) is 3.62. The van der Waals surface area contributed by atoms with Crippen LogP contribution in [-0.4, -0.2) is 25.7 Å². The van der Waals surface area contributed by atoms with Crippen LogP contribution in [-0.2, 0) is 6.54 Å². The molecule has 3 rings (SSSR count). The number of benzene rings is 1. The number of nitrogens with zero attached hydrogens (tertiary/aromatic N) is 2. The fourth-order valence-corrected chi connectivity index (χ4v) is 3.62. The number of phenols is 1. The third kappa shape index (κ3) is 3.57. The highest BCUT2D eigenvalue weighted by Gasteiger charge is 2.23. The van der Waals surface area contributed by atoms with E-state index in [1.807, 2.05) is 0 Å². The predicted molar refractivity (Wildman–Crippen MR) is 93.9 cm³/mol. The summed E-state index contributed by atoms with van der Waals surface area (Å²) in [6.45, 7) is 2.17. The molecule has 1 saturated carbocycles. The van der Waals surface area contributed by atoms with Crippen LogP contribution in [0.5, 0.6) is 5.75 Å². The highest BCUT2D eigenvalue weighted by molar-refractivity contribution is 5.95. The topological polar surface area (TPSA) is 92.4 Å². The third-order valence-corrected chi connectivity index (χ3v) is 4.94. The first-order valence-electron chi connectivity index (χ1n) is 8.61. The number of carboxylic acids is 1. The Hall–Kier alpha value is -2.63. The van der Waals surface area contributed by atoms with Crippen molar-refractivity contribution in [2.24, 2.45) is 5.92 Å². The summed E-state index contributed by atoms with van der Waals surface area (Å²) < 4.78 is 1.49. The van der Waals surface area contributed by atoms with E-state index in [1.165, 1.54) is 23.1 Å². The molecular weight excluding hydrogens is 320 g/mol. The summed E-state index contributed by atoms with van der Waals surface area (Å²) in [5, 5.41) is 19.3. The van der Waals surface area contributed by atoms with Crippen molar-refractivity contribution < 1.29 is 15.0 Å². The van der Waals surface area contributed by atoms with Crippen LogP contribution >= 0.6 is 0 Å². The van der Waals surface area contributed by atoms with E-state index < -0.39 is 11.7 Å². The van der Waals surface area contributed by atoms with Crippen molar-refractivity contribution in [3.8, 4) is 17.0 Å². The van der Waals surface area contributed by atoms with Crippen molar-refractivity contribution in [3.05, 3.63) is 46.0 Å². The second-order valence-corrected chi connectivity index (χ2v) is 6.67. The molecule has 25 heavy (non-hydrogen) atoms. The SMILES string of the molecule is Cc1c(C(=O)O)c(-c2cccc(O)c2)nc(=O)n1CC1CCCCC1. The predicted octanol–water partition coefficient (Wildman–Crippen LogP) is 3.20. The lowest BCUT2D eigenvalue weighted by Crippen LogP contribution is -2.31. The summed E-state index contributed by atoms with van der Waals surface area (Å²) in [6, 6.07) is 6.14. The van der Waals surface area contributed by atoms with Gasteiger partial charge >= 0.3 is 11.7 Å². The van der Waals surface area contributed by atoms with Gasteiger partial charge < -0.3 is 10.2 Å². The molecule has 1 aromatic carbocycles. The third-order valence-electron chi connectivity index (χ3n) is 4.94. The van der Waals surface area contributed by atoms with Gasteiger partial charge in [-0.3, -0.25) is 4.57 Å². The molecule has 0 saturated heterocycles. The van der Waals surface area contributed by atoms with Crippen LogP contribution in [0.1, 0.15) is 48.2 Å². The molecule has 1 aliphatic rings. The highest BCUT2D eigenvalue weighted by Crippen LogP contribution is 2.28. The Bertz CT molecular complexity index is 851. The number of aromatic carboxylic acids is 1. The Morgan fingerprint density at radius 2 is 2.00 bits per heavy atom. The van der Waals surface area contributed by atoms with Gasteiger partial charge in [-0.1, -0.05) is 31.4 Å². The van der Waals surface area contributed by atoms with Gasteiger partial charge in [-0.2, -0.15) is 4.98 Å². The first-order chi connectivity index (χ1) is 12.0. The first-order valence-corrected chi connectivity index (χ1v) is 8.61. The van der Waals surface area contributed by atoms with Gasteiger partial charge in [-0.05, 0) is 37.8 Å². The zero-order chi connectivity index (χ0) is 18.0. The van der Waals surface area contributed by atoms with Crippen molar-refractivity contribution in [1.29, 1.82) is 0 Å². The van der Waals surface area contributed by atoms with E-state index in [-0.39, 0.29) is 17.0 Å². The van der Waals surface area contributed by atoms with Crippen LogP contribution in [0.2, 0.25) is 0 Å². The zero-order valence-electron chi connectivity index (χ0n) is 14.2. The van der Waals surface area contributed by atoms with Gasteiger partial charge in [-0.15, -0.1) is 0 Å². The summed E-state index contributed by atoms with van der Waals surface area (Å²) in [7, 11) is 0. The minimum Gasteiger partial charge on any atom is -0.508 e. The average molecular weight is 342 g/mol. The number of hydrogen-bond acceptors (Lipinski definition) is 4. The Kier molecular flexibility index (Phi) is 4.88. The molecule has 2 N–H and O–H groups in total. The van der Waals surface area contributed by atoms with Crippen LogP contribution in [0.25, 0.3) is 11.3 Å². The lowest BCUT2D eigenvalue weighted by Gasteiger charge is -2.24. The molecule has 1 fully saturated rings. The Morgan fingerprint density at radius 3 is 2.64 bits per heavy atom. The second-order valence-electron chi connectivity index (χ2n) is 6.67. The Labute approximate surface area is 145 Å². The molecule has 6 nitrogen and oxygen atoms in total. The average Bonchev–Trinajstić information content (AvgIpc) is 2.58. The molecule has 0 spiro atoms. The van der Waals surface area contributed by atoms with Crippen LogP contribution in [0.4, 0.5) is 0 Å². The maximum absolute atomic E-state index is 12.6. The van der Waals surface area contributed by atoms with E-state index >= 15 is 0 Å². The quantitative estimate of drug-likeness (QED) is 0.890. The maximum atomic E-state index is 12.6. The summed E-state index contributed by atoms with van der Waals surface area (Å²) in [5.41, 5.74) is 0.511. The van der Waals surface area contributed by atoms with Crippen molar-refractivity contribution in [3.63, 3.8) is 0 Å². The zero-order valence-corrected chi connectivity index (χ0v) is 14.2. The minimum atomic E-state index is -1.12. The van der Waals surface area contributed by atoms with Gasteiger partial charge in [0.25, 0.3) is 0 Å². The molecule has 1 aromatic heterocycles. The molecule has 0 amide bonds. The van der Waals surface area contributed by atoms with Crippen molar-refractivity contribution >= 4 is 5.97 Å². The van der Waals surface area contributed by atoms with Gasteiger partial charge in [0.15, 0.2) is 0 Å². The van der Waals surface area contributed by atoms with Crippen LogP contribution in [0, 0.1) is 12.8 Å². The largest absolute Gasteiger partial charge is 0.508 e. The summed E-state index contributed by atoms with van der Waals surface area (Å²) >= 11 is 0. The van der Waals surface area contributed by atoms with Gasteiger partial charge in [0.05, 0.1) is 5.69 Å². The summed E-state index contributed by atoms with van der Waals surface area (Å²) in [5.74, 6) is -0.736. The Morgan fingerprint density at radius 1 is 1.28 bits per heavy atom. The monoisotopic (exact) mass is 342 g/mol. The Balaban J connectivity index is 2.09. The number of phenolic OH excluding ortho intramolecular Hbond substituents is 1. The van der Waals surface area contributed by atoms with Gasteiger partial charge in [0.1, 0.15) is 11.3 Å². The number of aromatic nitrogens is 2. The molecule has 0 unspecified atom stereocenters. The molecule has 1 aliphatic carbocycles. The smallest absolute Gasteiger partial charge is 0.348 e. The lowest BCUT2D eigenvalue weighted by atomic mass is 9.89. The minimum absolute atomic E-state index is 0.000300. The number of carbonyl (C=O) groups is 1. The maximum Gasteiger partial charge on any atom is 0.348 e. The van der Waals surface area contributed by atoms with Gasteiger partial charge in [-0.25, -0.2) is 9.59 Å². The molecule has 6 heteroatoms. The van der Waals surface area contributed by atoms with Crippen LogP contribution < -0.4 is 5.69 Å². The second kappa shape index (κ2) is 7.09. The van der Waals surface area contributed by atoms with Crippen molar-refractivity contribution in [2.75, 3.05) is 0 Å².